The van der Waals surface area contributed by atoms with E-state index < -0.39 is 0 Å². The Labute approximate surface area is 106 Å². The summed E-state index contributed by atoms with van der Waals surface area (Å²) in [5.41, 5.74) is 1.33. The van der Waals surface area contributed by atoms with E-state index in [0.717, 1.165) is 18.5 Å². The van der Waals surface area contributed by atoms with Gasteiger partial charge in [-0.2, -0.15) is 5.26 Å². The molecule has 3 nitrogen and oxygen atoms in total. The number of nitriles is 1. The molecule has 1 aliphatic rings. The number of rotatable bonds is 4. The fourth-order valence-corrected chi connectivity index (χ4v) is 2.28. The van der Waals surface area contributed by atoms with E-state index in [2.05, 4.69) is 11.4 Å². The highest BCUT2D eigenvalue weighted by molar-refractivity contribution is 6.30. The first-order chi connectivity index (χ1) is 8.19. The summed E-state index contributed by atoms with van der Waals surface area (Å²) in [6.07, 6.45) is 3.25. The Kier molecular flexibility index (Phi) is 3.56. The van der Waals surface area contributed by atoms with E-state index in [4.69, 9.17) is 16.9 Å². The van der Waals surface area contributed by atoms with Crippen LogP contribution in [-0.2, 0) is 0 Å². The maximum atomic E-state index is 9.36. The molecular formula is C13H15ClN2O. The fourth-order valence-electron chi connectivity index (χ4n) is 2.11. The van der Waals surface area contributed by atoms with Gasteiger partial charge in [-0.15, -0.1) is 0 Å². The van der Waals surface area contributed by atoms with E-state index in [1.54, 1.807) is 18.2 Å². The summed E-state index contributed by atoms with van der Waals surface area (Å²) in [5.74, 6) is 0. The molecule has 0 spiro atoms. The summed E-state index contributed by atoms with van der Waals surface area (Å²) in [6, 6.07) is 7.29. The molecule has 2 N–H and O–H groups in total. The van der Waals surface area contributed by atoms with Crippen molar-refractivity contribution in [3.63, 3.8) is 0 Å². The number of aliphatic hydroxyl groups excluding tert-OH is 1. The van der Waals surface area contributed by atoms with Crippen LogP contribution in [-0.4, -0.2) is 18.3 Å². The summed E-state index contributed by atoms with van der Waals surface area (Å²) >= 11 is 5.91. The molecule has 1 saturated carbocycles. The minimum Gasteiger partial charge on any atom is -0.396 e. The van der Waals surface area contributed by atoms with Gasteiger partial charge in [0, 0.05) is 17.0 Å². The second kappa shape index (κ2) is 4.95. The van der Waals surface area contributed by atoms with Gasteiger partial charge in [-0.25, -0.2) is 0 Å². The third-order valence-electron chi connectivity index (χ3n) is 3.51. The van der Waals surface area contributed by atoms with Gasteiger partial charge in [0.15, 0.2) is 0 Å². The normalized spacial score (nSPS) is 17.0. The summed E-state index contributed by atoms with van der Waals surface area (Å²) < 4.78 is 0. The van der Waals surface area contributed by atoms with Gasteiger partial charge < -0.3 is 10.4 Å². The molecule has 0 aromatic heterocycles. The van der Waals surface area contributed by atoms with E-state index in [0.29, 0.717) is 17.1 Å². The molecule has 0 aliphatic heterocycles. The lowest BCUT2D eigenvalue weighted by molar-refractivity contribution is 0.0576. The predicted molar refractivity (Wildman–Crippen MR) is 68.0 cm³/mol. The largest absolute Gasteiger partial charge is 0.396 e. The standard InChI is InChI=1S/C13H15ClN2O/c14-11-3-2-10(7-15)12(6-11)16-8-13(9-17)4-1-5-13/h2-3,6,16-17H,1,4-5,8-9H2. The number of nitrogens with zero attached hydrogens (tertiary/aromatic N) is 1. The quantitative estimate of drug-likeness (QED) is 0.864. The van der Waals surface area contributed by atoms with Gasteiger partial charge in [-0.3, -0.25) is 0 Å². The van der Waals surface area contributed by atoms with Crippen LogP contribution in [0.5, 0.6) is 0 Å². The van der Waals surface area contributed by atoms with Crippen LogP contribution in [0, 0.1) is 16.7 Å². The summed E-state index contributed by atoms with van der Waals surface area (Å²) in [4.78, 5) is 0. The SMILES string of the molecule is N#Cc1ccc(Cl)cc1NCC1(CO)CCC1. The molecule has 4 heteroatoms. The average molecular weight is 251 g/mol. The molecule has 0 bridgehead atoms. The second-order valence-electron chi connectivity index (χ2n) is 4.67. The Hall–Kier alpha value is -1.24. The Morgan fingerprint density at radius 1 is 1.47 bits per heavy atom. The maximum Gasteiger partial charge on any atom is 0.101 e. The number of nitrogens with one attached hydrogen (secondary N) is 1. The molecule has 17 heavy (non-hydrogen) atoms. The van der Waals surface area contributed by atoms with Gasteiger partial charge in [0.05, 0.1) is 17.9 Å². The van der Waals surface area contributed by atoms with Crippen molar-refractivity contribution in [1.82, 2.24) is 0 Å². The maximum absolute atomic E-state index is 9.36. The van der Waals surface area contributed by atoms with E-state index in [1.165, 1.54) is 6.42 Å². The highest BCUT2D eigenvalue weighted by atomic mass is 35.5. The number of halogens is 1. The third kappa shape index (κ3) is 2.54. The first-order valence-corrected chi connectivity index (χ1v) is 6.11. The van der Waals surface area contributed by atoms with Crippen LogP contribution in [0.1, 0.15) is 24.8 Å². The smallest absolute Gasteiger partial charge is 0.101 e. The second-order valence-corrected chi connectivity index (χ2v) is 5.10. The molecule has 0 saturated heterocycles. The molecule has 0 radical (unpaired) electrons. The van der Waals surface area contributed by atoms with Crippen molar-refractivity contribution in [3.8, 4) is 6.07 Å². The molecule has 1 fully saturated rings. The van der Waals surface area contributed by atoms with Crippen LogP contribution in [0.25, 0.3) is 0 Å². The molecular weight excluding hydrogens is 236 g/mol. The Morgan fingerprint density at radius 3 is 2.76 bits per heavy atom. The molecule has 90 valence electrons. The van der Waals surface area contributed by atoms with Crippen LogP contribution >= 0.6 is 11.6 Å². The highest BCUT2D eigenvalue weighted by Crippen LogP contribution is 2.40. The Balaban J connectivity index is 2.08. The Bertz CT molecular complexity index is 444. The number of hydrogen-bond donors (Lipinski definition) is 2. The topological polar surface area (TPSA) is 56.0 Å². The number of hydrogen-bond acceptors (Lipinski definition) is 3. The van der Waals surface area contributed by atoms with Gasteiger partial charge in [0.25, 0.3) is 0 Å². The number of aliphatic hydroxyl groups is 1. The first kappa shape index (κ1) is 12.2. The minimum absolute atomic E-state index is 0.00492. The monoisotopic (exact) mass is 250 g/mol. The molecule has 1 aliphatic carbocycles. The molecule has 1 aromatic rings. The zero-order valence-corrected chi connectivity index (χ0v) is 10.3. The lowest BCUT2D eigenvalue weighted by atomic mass is 9.69. The van der Waals surface area contributed by atoms with Gasteiger partial charge in [0.1, 0.15) is 6.07 Å². The lowest BCUT2D eigenvalue weighted by Crippen LogP contribution is -2.39. The van der Waals surface area contributed by atoms with Gasteiger partial charge >= 0.3 is 0 Å². The zero-order chi connectivity index (χ0) is 12.3. The lowest BCUT2D eigenvalue weighted by Gasteiger charge is -2.40. The van der Waals surface area contributed by atoms with Crippen molar-refractivity contribution in [1.29, 1.82) is 5.26 Å². The molecule has 2 rings (SSSR count). The molecule has 0 unspecified atom stereocenters. The van der Waals surface area contributed by atoms with Crippen LogP contribution in [0.2, 0.25) is 5.02 Å². The third-order valence-corrected chi connectivity index (χ3v) is 3.74. The van der Waals surface area contributed by atoms with Crippen molar-refractivity contribution in [3.05, 3.63) is 28.8 Å². The van der Waals surface area contributed by atoms with E-state index >= 15 is 0 Å². The van der Waals surface area contributed by atoms with Gasteiger partial charge in [0.2, 0.25) is 0 Å². The highest BCUT2D eigenvalue weighted by Gasteiger charge is 2.36. The van der Waals surface area contributed by atoms with Crippen LogP contribution in [0.3, 0.4) is 0 Å². The summed E-state index contributed by atoms with van der Waals surface area (Å²) in [6.45, 7) is 0.890. The number of anilines is 1. The molecule has 0 heterocycles. The van der Waals surface area contributed by atoms with E-state index in [9.17, 15) is 5.11 Å². The molecule has 0 atom stereocenters. The Morgan fingerprint density at radius 2 is 2.24 bits per heavy atom. The fraction of sp³-hybridized carbons (Fsp3) is 0.462. The van der Waals surface area contributed by atoms with Crippen molar-refractivity contribution in [2.75, 3.05) is 18.5 Å². The van der Waals surface area contributed by atoms with Crippen molar-refractivity contribution < 1.29 is 5.11 Å². The number of benzene rings is 1. The van der Waals surface area contributed by atoms with E-state index in [1.807, 2.05) is 0 Å². The summed E-state index contributed by atoms with van der Waals surface area (Å²) in [7, 11) is 0. The predicted octanol–water partition coefficient (Wildman–Crippen LogP) is 2.79. The van der Waals surface area contributed by atoms with Gasteiger partial charge in [-0.1, -0.05) is 18.0 Å². The zero-order valence-electron chi connectivity index (χ0n) is 9.54. The molecule has 1 aromatic carbocycles. The summed E-state index contributed by atoms with van der Waals surface area (Å²) in [5, 5.41) is 22.2. The van der Waals surface area contributed by atoms with Crippen molar-refractivity contribution in [2.45, 2.75) is 19.3 Å². The minimum atomic E-state index is -0.00492. The van der Waals surface area contributed by atoms with Crippen LogP contribution < -0.4 is 5.32 Å². The average Bonchev–Trinajstić information content (AvgIpc) is 2.28. The molecule has 0 amide bonds. The van der Waals surface area contributed by atoms with Gasteiger partial charge in [-0.05, 0) is 31.0 Å². The van der Waals surface area contributed by atoms with Crippen molar-refractivity contribution >= 4 is 17.3 Å². The van der Waals surface area contributed by atoms with Crippen molar-refractivity contribution in [2.24, 2.45) is 5.41 Å². The van der Waals surface area contributed by atoms with Crippen LogP contribution in [0.4, 0.5) is 5.69 Å². The first-order valence-electron chi connectivity index (χ1n) is 5.73. The van der Waals surface area contributed by atoms with Crippen LogP contribution in [0.15, 0.2) is 18.2 Å². The van der Waals surface area contributed by atoms with E-state index in [-0.39, 0.29) is 12.0 Å².